The van der Waals surface area contributed by atoms with Gasteiger partial charge in [-0.3, -0.25) is 0 Å². The van der Waals surface area contributed by atoms with Crippen LogP contribution in [0.25, 0.3) is 0 Å². The van der Waals surface area contributed by atoms with Crippen molar-refractivity contribution in [2.45, 2.75) is 12.5 Å². The number of rotatable bonds is 5. The van der Waals surface area contributed by atoms with Gasteiger partial charge in [0, 0.05) is 7.11 Å². The highest BCUT2D eigenvalue weighted by molar-refractivity contribution is 9.12. The molecular formula is C14H15Br2NOS. The Kier molecular flexibility index (Phi) is 5.59. The summed E-state index contributed by atoms with van der Waals surface area (Å²) in [6, 6.07) is 10.4. The largest absolute Gasteiger partial charge is 0.384 e. The molecule has 0 fully saturated rings. The summed E-state index contributed by atoms with van der Waals surface area (Å²) in [7, 11) is 1.72. The molecule has 2 aromatic rings. The van der Waals surface area contributed by atoms with Gasteiger partial charge < -0.3 is 10.5 Å². The topological polar surface area (TPSA) is 35.2 Å². The van der Waals surface area contributed by atoms with Crippen molar-refractivity contribution in [3.8, 4) is 0 Å². The quantitative estimate of drug-likeness (QED) is 0.795. The van der Waals surface area contributed by atoms with Crippen LogP contribution in [0.3, 0.4) is 0 Å². The maximum atomic E-state index is 6.31. The Morgan fingerprint density at radius 2 is 1.95 bits per heavy atom. The Hall–Kier alpha value is -0.200. The maximum Gasteiger partial charge on any atom is 0.0761 e. The van der Waals surface area contributed by atoms with E-state index < -0.39 is 0 Å². The van der Waals surface area contributed by atoms with E-state index in [0.29, 0.717) is 0 Å². The zero-order valence-corrected chi connectivity index (χ0v) is 14.5. The van der Waals surface area contributed by atoms with E-state index in [1.165, 1.54) is 5.56 Å². The molecule has 0 amide bonds. The summed E-state index contributed by atoms with van der Waals surface area (Å²) in [5, 5.41) is 0. The fraction of sp³-hybridized carbons (Fsp3) is 0.286. The molecule has 2 nitrogen and oxygen atoms in total. The van der Waals surface area contributed by atoms with E-state index in [4.69, 9.17) is 10.5 Å². The van der Waals surface area contributed by atoms with Gasteiger partial charge in [0.05, 0.1) is 20.2 Å². The molecule has 1 aromatic carbocycles. The number of hydrogen-bond acceptors (Lipinski definition) is 3. The summed E-state index contributed by atoms with van der Waals surface area (Å²) in [6.45, 7) is 0.744. The van der Waals surface area contributed by atoms with Gasteiger partial charge in [-0.1, -0.05) is 24.3 Å². The van der Waals surface area contributed by atoms with Crippen LogP contribution in [-0.4, -0.2) is 13.7 Å². The van der Waals surface area contributed by atoms with Crippen molar-refractivity contribution in [1.82, 2.24) is 0 Å². The monoisotopic (exact) mass is 403 g/mol. The highest BCUT2D eigenvalue weighted by Gasteiger charge is 2.15. The number of benzene rings is 1. The Bertz CT molecular complexity index is 539. The molecule has 19 heavy (non-hydrogen) atoms. The third-order valence-electron chi connectivity index (χ3n) is 2.95. The molecular weight excluding hydrogens is 390 g/mol. The van der Waals surface area contributed by atoms with Crippen LogP contribution in [0, 0.1) is 0 Å². The predicted molar refractivity (Wildman–Crippen MR) is 87.8 cm³/mol. The van der Waals surface area contributed by atoms with Crippen LogP contribution < -0.4 is 5.73 Å². The zero-order valence-electron chi connectivity index (χ0n) is 10.5. The Balaban J connectivity index is 2.15. The molecule has 1 aromatic heterocycles. The van der Waals surface area contributed by atoms with Crippen LogP contribution >= 0.6 is 43.2 Å². The summed E-state index contributed by atoms with van der Waals surface area (Å²) in [4.78, 5) is 0. The van der Waals surface area contributed by atoms with E-state index >= 15 is 0 Å². The van der Waals surface area contributed by atoms with Gasteiger partial charge in [-0.25, -0.2) is 0 Å². The lowest BCUT2D eigenvalue weighted by Gasteiger charge is -2.12. The van der Waals surface area contributed by atoms with Crippen molar-refractivity contribution in [2.24, 2.45) is 5.73 Å². The van der Waals surface area contributed by atoms with Crippen molar-refractivity contribution in [2.75, 3.05) is 13.7 Å². The average molecular weight is 405 g/mol. The first-order valence-corrected chi connectivity index (χ1v) is 8.30. The van der Waals surface area contributed by atoms with Crippen molar-refractivity contribution in [3.63, 3.8) is 0 Å². The van der Waals surface area contributed by atoms with Gasteiger partial charge in [0.25, 0.3) is 0 Å². The number of ether oxygens (including phenoxy) is 1. The number of hydrogen-bond donors (Lipinski definition) is 1. The number of nitrogens with two attached hydrogens (primary N) is 1. The van der Waals surface area contributed by atoms with E-state index in [-0.39, 0.29) is 6.04 Å². The molecule has 2 N–H and O–H groups in total. The molecule has 0 radical (unpaired) electrons. The van der Waals surface area contributed by atoms with Gasteiger partial charge in [-0.05, 0) is 61.0 Å². The minimum atomic E-state index is -0.103. The van der Waals surface area contributed by atoms with Crippen LogP contribution in [0.15, 0.2) is 37.9 Å². The minimum Gasteiger partial charge on any atom is -0.384 e. The molecule has 1 atom stereocenters. The zero-order chi connectivity index (χ0) is 13.8. The third-order valence-corrected chi connectivity index (χ3v) is 5.34. The van der Waals surface area contributed by atoms with Gasteiger partial charge in [0.15, 0.2) is 0 Å². The molecule has 0 aliphatic carbocycles. The molecule has 0 saturated carbocycles. The average Bonchev–Trinajstić information content (AvgIpc) is 2.75. The molecule has 0 spiro atoms. The molecule has 0 aliphatic heterocycles. The maximum absolute atomic E-state index is 6.31. The van der Waals surface area contributed by atoms with E-state index in [2.05, 4.69) is 62.2 Å². The first kappa shape index (κ1) is 15.2. The SMILES string of the molecule is COCCc1ccc(C(N)c2cc(Br)sc2Br)cc1. The summed E-state index contributed by atoms with van der Waals surface area (Å²) in [6.07, 6.45) is 0.930. The second-order valence-corrected chi connectivity index (χ2v) is 7.99. The lowest BCUT2D eigenvalue weighted by Crippen LogP contribution is -2.11. The predicted octanol–water partition coefficient (Wildman–Crippen LogP) is 4.51. The molecule has 2 rings (SSSR count). The lowest BCUT2D eigenvalue weighted by molar-refractivity contribution is 0.202. The lowest BCUT2D eigenvalue weighted by atomic mass is 10.0. The molecule has 102 valence electrons. The van der Waals surface area contributed by atoms with Crippen molar-refractivity contribution in [3.05, 3.63) is 54.6 Å². The van der Waals surface area contributed by atoms with Crippen LogP contribution in [0.4, 0.5) is 0 Å². The van der Waals surface area contributed by atoms with E-state index in [0.717, 1.165) is 31.7 Å². The van der Waals surface area contributed by atoms with Crippen LogP contribution in [0.5, 0.6) is 0 Å². The van der Waals surface area contributed by atoms with Gasteiger partial charge in [0.1, 0.15) is 0 Å². The fourth-order valence-electron chi connectivity index (χ4n) is 1.86. The van der Waals surface area contributed by atoms with Crippen LogP contribution in [0.1, 0.15) is 22.7 Å². The molecule has 0 bridgehead atoms. The molecule has 0 saturated heterocycles. The van der Waals surface area contributed by atoms with Crippen LogP contribution in [-0.2, 0) is 11.2 Å². The Morgan fingerprint density at radius 3 is 2.47 bits per heavy atom. The van der Waals surface area contributed by atoms with Gasteiger partial charge in [-0.2, -0.15) is 0 Å². The molecule has 1 unspecified atom stereocenters. The highest BCUT2D eigenvalue weighted by atomic mass is 79.9. The van der Waals surface area contributed by atoms with E-state index in [1.54, 1.807) is 18.4 Å². The number of halogens is 2. The second-order valence-electron chi connectivity index (χ2n) is 4.24. The minimum absolute atomic E-state index is 0.103. The smallest absolute Gasteiger partial charge is 0.0761 e. The summed E-state index contributed by atoms with van der Waals surface area (Å²) in [5.41, 5.74) is 9.81. The Morgan fingerprint density at radius 1 is 1.26 bits per heavy atom. The highest BCUT2D eigenvalue weighted by Crippen LogP contribution is 2.36. The molecule has 1 heterocycles. The van der Waals surface area contributed by atoms with Crippen molar-refractivity contribution in [1.29, 1.82) is 0 Å². The summed E-state index contributed by atoms with van der Waals surface area (Å²) < 4.78 is 7.24. The standard InChI is InChI=1S/C14H15Br2NOS/c1-18-7-6-9-2-4-10(5-3-9)13(17)11-8-12(15)19-14(11)16/h2-5,8,13H,6-7,17H2,1H3. The number of thiophene rings is 1. The second kappa shape index (κ2) is 6.99. The van der Waals surface area contributed by atoms with Gasteiger partial charge >= 0.3 is 0 Å². The van der Waals surface area contributed by atoms with E-state index in [9.17, 15) is 0 Å². The Labute approximate surface area is 134 Å². The number of methoxy groups -OCH3 is 1. The third kappa shape index (κ3) is 3.89. The first-order chi connectivity index (χ1) is 9.11. The van der Waals surface area contributed by atoms with Crippen molar-refractivity contribution < 1.29 is 4.74 Å². The van der Waals surface area contributed by atoms with Gasteiger partial charge in [-0.15, -0.1) is 11.3 Å². The van der Waals surface area contributed by atoms with E-state index in [1.807, 2.05) is 0 Å². The molecule has 0 aliphatic rings. The summed E-state index contributed by atoms with van der Waals surface area (Å²) >= 11 is 8.68. The first-order valence-electron chi connectivity index (χ1n) is 5.90. The van der Waals surface area contributed by atoms with Gasteiger partial charge in [0.2, 0.25) is 0 Å². The van der Waals surface area contributed by atoms with Crippen LogP contribution in [0.2, 0.25) is 0 Å². The molecule has 5 heteroatoms. The normalized spacial score (nSPS) is 12.6. The van der Waals surface area contributed by atoms with Crippen molar-refractivity contribution >= 4 is 43.2 Å². The summed E-state index contributed by atoms with van der Waals surface area (Å²) in [5.74, 6) is 0. The fourth-order valence-corrected chi connectivity index (χ4v) is 4.79.